The number of nitrogens with zero attached hydrogens (tertiary/aromatic N) is 1. The van der Waals surface area contributed by atoms with E-state index in [9.17, 15) is 5.11 Å². The van der Waals surface area contributed by atoms with Crippen LogP contribution in [0, 0.1) is 6.92 Å². The van der Waals surface area contributed by atoms with Crippen LogP contribution in [-0.4, -0.2) is 23.1 Å². The molecule has 1 fully saturated rings. The summed E-state index contributed by atoms with van der Waals surface area (Å²) in [7, 11) is 0. The van der Waals surface area contributed by atoms with Gasteiger partial charge in [0.2, 0.25) is 0 Å². The smallest absolute Gasteiger partial charge is 0.103 e. The lowest BCUT2D eigenvalue weighted by molar-refractivity contribution is 0.0454. The maximum absolute atomic E-state index is 10.8. The first-order valence-corrected chi connectivity index (χ1v) is 7.59. The van der Waals surface area contributed by atoms with Crippen LogP contribution < -0.4 is 0 Å². The summed E-state index contributed by atoms with van der Waals surface area (Å²) < 4.78 is 0. The highest BCUT2D eigenvalue weighted by Gasteiger charge is 2.37. The van der Waals surface area contributed by atoms with Crippen LogP contribution in [0.15, 0.2) is 41.8 Å². The molecule has 0 aliphatic carbocycles. The molecular weight excluding hydrogens is 254 g/mol. The average Bonchev–Trinajstić information content (AvgIpc) is 3.00. The number of aliphatic hydroxyl groups is 1. The van der Waals surface area contributed by atoms with E-state index >= 15 is 0 Å². The fraction of sp³-hybridized carbons (Fsp3) is 0.375. The van der Waals surface area contributed by atoms with Gasteiger partial charge in [0.25, 0.3) is 0 Å². The number of thiophene rings is 1. The summed E-state index contributed by atoms with van der Waals surface area (Å²) in [6, 6.07) is 12.2. The lowest BCUT2D eigenvalue weighted by Crippen LogP contribution is -2.30. The van der Waals surface area contributed by atoms with Gasteiger partial charge >= 0.3 is 0 Å². The summed E-state index contributed by atoms with van der Waals surface area (Å²) in [6.07, 6.45) is 0.821. The van der Waals surface area contributed by atoms with E-state index in [0.717, 1.165) is 31.6 Å². The Morgan fingerprint density at radius 3 is 2.74 bits per heavy atom. The molecule has 19 heavy (non-hydrogen) atoms. The maximum atomic E-state index is 10.8. The van der Waals surface area contributed by atoms with Gasteiger partial charge in [-0.3, -0.25) is 4.90 Å². The Labute approximate surface area is 118 Å². The van der Waals surface area contributed by atoms with E-state index in [0.29, 0.717) is 0 Å². The molecule has 1 aromatic heterocycles. The van der Waals surface area contributed by atoms with Crippen molar-refractivity contribution in [1.29, 1.82) is 0 Å². The molecule has 1 aliphatic rings. The van der Waals surface area contributed by atoms with E-state index < -0.39 is 5.60 Å². The number of β-amino-alcohol motifs (C(OH)–C–C–N with tert-alkyl or cyclic N) is 1. The Morgan fingerprint density at radius 2 is 2.05 bits per heavy atom. The van der Waals surface area contributed by atoms with E-state index in [1.54, 1.807) is 0 Å². The van der Waals surface area contributed by atoms with Crippen molar-refractivity contribution in [2.45, 2.75) is 25.5 Å². The first-order chi connectivity index (χ1) is 9.17. The lowest BCUT2D eigenvalue weighted by Gasteiger charge is -2.24. The summed E-state index contributed by atoms with van der Waals surface area (Å²) in [5.74, 6) is 0. The van der Waals surface area contributed by atoms with Crippen molar-refractivity contribution in [3.8, 4) is 0 Å². The first-order valence-electron chi connectivity index (χ1n) is 6.71. The maximum Gasteiger partial charge on any atom is 0.103 e. The summed E-state index contributed by atoms with van der Waals surface area (Å²) in [5.41, 5.74) is 1.73. The first kappa shape index (κ1) is 12.9. The Bertz CT molecular complexity index is 551. The molecule has 1 aliphatic heterocycles. The molecule has 1 aromatic carbocycles. The zero-order chi connectivity index (χ0) is 13.3. The second-order valence-electron chi connectivity index (χ2n) is 5.39. The minimum atomic E-state index is -0.674. The SMILES string of the molecule is Cc1ccsc1CN1CCC(O)(c2ccccc2)C1. The van der Waals surface area contributed by atoms with Crippen LogP contribution in [0.4, 0.5) is 0 Å². The second-order valence-corrected chi connectivity index (χ2v) is 6.39. The Kier molecular flexibility index (Phi) is 3.44. The zero-order valence-electron chi connectivity index (χ0n) is 11.2. The molecule has 0 saturated carbocycles. The molecule has 1 saturated heterocycles. The van der Waals surface area contributed by atoms with Crippen LogP contribution >= 0.6 is 11.3 Å². The molecule has 100 valence electrons. The van der Waals surface area contributed by atoms with E-state index in [1.165, 1.54) is 10.4 Å². The second kappa shape index (κ2) is 5.08. The quantitative estimate of drug-likeness (QED) is 0.928. The molecule has 0 radical (unpaired) electrons. The molecule has 1 N–H and O–H groups in total. The van der Waals surface area contributed by atoms with Crippen molar-refractivity contribution in [1.82, 2.24) is 4.90 Å². The summed E-state index contributed by atoms with van der Waals surface area (Å²) in [4.78, 5) is 3.77. The van der Waals surface area contributed by atoms with Crippen molar-refractivity contribution < 1.29 is 5.11 Å². The highest BCUT2D eigenvalue weighted by atomic mass is 32.1. The Balaban J connectivity index is 1.72. The molecule has 3 heteroatoms. The van der Waals surface area contributed by atoms with Gasteiger partial charge in [0.15, 0.2) is 0 Å². The molecule has 0 amide bonds. The molecule has 2 nitrogen and oxygen atoms in total. The molecule has 0 spiro atoms. The van der Waals surface area contributed by atoms with E-state index in [-0.39, 0.29) is 0 Å². The standard InChI is InChI=1S/C16H19NOS/c1-13-7-10-19-15(13)11-17-9-8-16(18,12-17)14-5-3-2-4-6-14/h2-7,10,18H,8-9,11-12H2,1H3. The number of hydrogen-bond donors (Lipinski definition) is 1. The van der Waals surface area contributed by atoms with Gasteiger partial charge in [0, 0.05) is 24.5 Å². The third-order valence-electron chi connectivity index (χ3n) is 3.97. The number of aryl methyl sites for hydroxylation is 1. The third-order valence-corrected chi connectivity index (χ3v) is 4.98. The van der Waals surface area contributed by atoms with Crippen LogP contribution in [0.5, 0.6) is 0 Å². The highest BCUT2D eigenvalue weighted by molar-refractivity contribution is 7.10. The molecule has 1 atom stereocenters. The van der Waals surface area contributed by atoms with Crippen LogP contribution in [0.1, 0.15) is 22.4 Å². The average molecular weight is 273 g/mol. The lowest BCUT2D eigenvalue weighted by atomic mass is 9.93. The number of hydrogen-bond acceptors (Lipinski definition) is 3. The minimum Gasteiger partial charge on any atom is -0.384 e. The van der Waals surface area contributed by atoms with Crippen molar-refractivity contribution in [3.63, 3.8) is 0 Å². The number of rotatable bonds is 3. The third kappa shape index (κ3) is 2.59. The van der Waals surface area contributed by atoms with Gasteiger partial charge in [-0.05, 0) is 35.9 Å². The largest absolute Gasteiger partial charge is 0.384 e. The van der Waals surface area contributed by atoms with Crippen molar-refractivity contribution in [2.75, 3.05) is 13.1 Å². The molecule has 2 heterocycles. The van der Waals surface area contributed by atoms with E-state index in [4.69, 9.17) is 0 Å². The van der Waals surface area contributed by atoms with Gasteiger partial charge < -0.3 is 5.11 Å². The number of likely N-dealkylation sites (tertiary alicyclic amines) is 1. The molecule has 2 aromatic rings. The fourth-order valence-electron chi connectivity index (χ4n) is 2.76. The van der Waals surface area contributed by atoms with Crippen LogP contribution in [-0.2, 0) is 12.1 Å². The van der Waals surface area contributed by atoms with E-state index in [2.05, 4.69) is 23.3 Å². The van der Waals surface area contributed by atoms with Crippen molar-refractivity contribution in [2.24, 2.45) is 0 Å². The topological polar surface area (TPSA) is 23.5 Å². The van der Waals surface area contributed by atoms with Gasteiger partial charge in [-0.1, -0.05) is 30.3 Å². The normalized spacial score (nSPS) is 23.9. The molecule has 0 bridgehead atoms. The van der Waals surface area contributed by atoms with Gasteiger partial charge in [0.1, 0.15) is 5.60 Å². The van der Waals surface area contributed by atoms with Crippen LogP contribution in [0.2, 0.25) is 0 Å². The van der Waals surface area contributed by atoms with E-state index in [1.807, 2.05) is 41.7 Å². The minimum absolute atomic E-state index is 0.674. The number of benzene rings is 1. The molecular formula is C16H19NOS. The van der Waals surface area contributed by atoms with Crippen LogP contribution in [0.25, 0.3) is 0 Å². The van der Waals surface area contributed by atoms with Gasteiger partial charge in [-0.25, -0.2) is 0 Å². The van der Waals surface area contributed by atoms with Gasteiger partial charge in [-0.15, -0.1) is 11.3 Å². The summed E-state index contributed by atoms with van der Waals surface area (Å²) in [5, 5.41) is 12.9. The van der Waals surface area contributed by atoms with Gasteiger partial charge in [-0.2, -0.15) is 0 Å². The van der Waals surface area contributed by atoms with Crippen LogP contribution in [0.3, 0.4) is 0 Å². The van der Waals surface area contributed by atoms with Gasteiger partial charge in [0.05, 0.1) is 0 Å². The Morgan fingerprint density at radius 1 is 1.26 bits per heavy atom. The van der Waals surface area contributed by atoms with Crippen molar-refractivity contribution >= 4 is 11.3 Å². The fourth-order valence-corrected chi connectivity index (χ4v) is 3.71. The Hall–Kier alpha value is -1.16. The zero-order valence-corrected chi connectivity index (χ0v) is 12.0. The molecule has 1 unspecified atom stereocenters. The highest BCUT2D eigenvalue weighted by Crippen LogP contribution is 2.33. The monoisotopic (exact) mass is 273 g/mol. The van der Waals surface area contributed by atoms with Crippen molar-refractivity contribution in [3.05, 3.63) is 57.8 Å². The predicted molar refractivity (Wildman–Crippen MR) is 79.3 cm³/mol. The molecule has 3 rings (SSSR count). The summed E-state index contributed by atoms with van der Waals surface area (Å²) >= 11 is 1.81. The summed E-state index contributed by atoms with van der Waals surface area (Å²) in [6.45, 7) is 4.81. The predicted octanol–water partition coefficient (Wildman–Crippen LogP) is 3.15.